The Labute approximate surface area is 187 Å². The molecule has 0 saturated carbocycles. The van der Waals surface area contributed by atoms with Crippen LogP contribution in [0.1, 0.15) is 33.6 Å². The number of guanidine groups is 1. The van der Waals surface area contributed by atoms with Crippen molar-refractivity contribution in [3.8, 4) is 0 Å². The van der Waals surface area contributed by atoms with Gasteiger partial charge in [0.2, 0.25) is 5.91 Å². The maximum atomic E-state index is 12.6. The predicted molar refractivity (Wildman–Crippen MR) is 117 cm³/mol. The van der Waals surface area contributed by atoms with E-state index in [0.717, 1.165) is 0 Å². The number of aliphatic imine (C=N–C) groups is 1. The standard InChI is InChI=1S/C16H30F3N5O3S.HI/c1-5-21-13(25)15(2,3)11-23-14(20-4)22-10-12-6-8-24(9-7-12)28(26,27)16(17,18)19;/h12H,5-11H2,1-4H3,(H,21,25)(H2,20,22,23);1H. The first kappa shape index (κ1) is 28.2. The highest BCUT2D eigenvalue weighted by molar-refractivity contribution is 14.0. The van der Waals surface area contributed by atoms with Crippen molar-refractivity contribution >= 4 is 45.9 Å². The summed E-state index contributed by atoms with van der Waals surface area (Å²) < 4.78 is 61.2. The van der Waals surface area contributed by atoms with Crippen LogP contribution >= 0.6 is 24.0 Å². The number of hydrogen-bond acceptors (Lipinski definition) is 4. The summed E-state index contributed by atoms with van der Waals surface area (Å²) in [6, 6.07) is 0. The van der Waals surface area contributed by atoms with Gasteiger partial charge in [-0.2, -0.15) is 17.5 Å². The number of amides is 1. The third-order valence-corrected chi connectivity index (χ3v) is 6.27. The fourth-order valence-electron chi connectivity index (χ4n) is 2.75. The summed E-state index contributed by atoms with van der Waals surface area (Å²) in [4.78, 5) is 16.1. The average molecular weight is 557 g/mol. The molecule has 29 heavy (non-hydrogen) atoms. The molecule has 13 heteroatoms. The van der Waals surface area contributed by atoms with Crippen LogP contribution in [0.15, 0.2) is 4.99 Å². The van der Waals surface area contributed by atoms with Crippen LogP contribution in [0, 0.1) is 11.3 Å². The zero-order chi connectivity index (χ0) is 21.6. The van der Waals surface area contributed by atoms with Gasteiger partial charge >= 0.3 is 15.5 Å². The molecular formula is C16H31F3IN5O3S. The van der Waals surface area contributed by atoms with Crippen molar-refractivity contribution in [2.45, 2.75) is 39.1 Å². The summed E-state index contributed by atoms with van der Waals surface area (Å²) in [7, 11) is -3.68. The largest absolute Gasteiger partial charge is 0.511 e. The van der Waals surface area contributed by atoms with Gasteiger partial charge in [-0.1, -0.05) is 0 Å². The number of rotatable bonds is 7. The molecule has 0 atom stereocenters. The van der Waals surface area contributed by atoms with Gasteiger partial charge in [0.15, 0.2) is 5.96 Å². The zero-order valence-electron chi connectivity index (χ0n) is 17.1. The molecule has 0 radical (unpaired) electrons. The summed E-state index contributed by atoms with van der Waals surface area (Å²) in [5.41, 5.74) is -5.91. The second-order valence-corrected chi connectivity index (χ2v) is 9.27. The van der Waals surface area contributed by atoms with Crippen LogP contribution in [-0.2, 0) is 14.8 Å². The zero-order valence-corrected chi connectivity index (χ0v) is 20.2. The normalized spacial score (nSPS) is 17.4. The highest BCUT2D eigenvalue weighted by Crippen LogP contribution is 2.30. The minimum absolute atomic E-state index is 0. The highest BCUT2D eigenvalue weighted by atomic mass is 127. The van der Waals surface area contributed by atoms with Crippen LogP contribution in [0.25, 0.3) is 0 Å². The SMILES string of the molecule is CCNC(=O)C(C)(C)CNC(=NC)NCC1CCN(S(=O)(=O)C(F)(F)F)CC1.I. The molecule has 0 aromatic heterocycles. The number of alkyl halides is 3. The van der Waals surface area contributed by atoms with Gasteiger partial charge in [-0.05, 0) is 39.5 Å². The minimum Gasteiger partial charge on any atom is -0.356 e. The lowest BCUT2D eigenvalue weighted by Crippen LogP contribution is -2.49. The smallest absolute Gasteiger partial charge is 0.356 e. The molecular weight excluding hydrogens is 526 g/mol. The van der Waals surface area contributed by atoms with Crippen molar-refractivity contribution < 1.29 is 26.4 Å². The Bertz CT molecular complexity index is 663. The Morgan fingerprint density at radius 3 is 2.14 bits per heavy atom. The lowest BCUT2D eigenvalue weighted by molar-refractivity contribution is -0.128. The van der Waals surface area contributed by atoms with Gasteiger partial charge < -0.3 is 16.0 Å². The number of nitrogens with zero attached hydrogens (tertiary/aromatic N) is 2. The molecule has 1 aliphatic heterocycles. The molecule has 1 fully saturated rings. The molecule has 8 nitrogen and oxygen atoms in total. The summed E-state index contributed by atoms with van der Waals surface area (Å²) in [5.74, 6) is 0.411. The minimum atomic E-state index is -5.26. The van der Waals surface area contributed by atoms with Gasteiger partial charge in [0, 0.05) is 39.8 Å². The monoisotopic (exact) mass is 557 g/mol. The number of carbonyl (C=O) groups is 1. The molecule has 1 rings (SSSR count). The van der Waals surface area contributed by atoms with Gasteiger partial charge in [-0.15, -0.1) is 24.0 Å². The fourth-order valence-corrected chi connectivity index (χ4v) is 3.73. The summed E-state index contributed by atoms with van der Waals surface area (Å²) in [6.45, 7) is 6.45. The van der Waals surface area contributed by atoms with E-state index in [1.54, 1.807) is 20.9 Å². The van der Waals surface area contributed by atoms with Crippen molar-refractivity contribution in [2.75, 3.05) is 39.8 Å². The van der Waals surface area contributed by atoms with Gasteiger partial charge in [0.05, 0.1) is 5.41 Å². The van der Waals surface area contributed by atoms with Crippen LogP contribution in [-0.4, -0.2) is 69.9 Å². The van der Waals surface area contributed by atoms with E-state index in [0.29, 0.717) is 42.7 Å². The second-order valence-electron chi connectivity index (χ2n) is 7.34. The third-order valence-electron chi connectivity index (χ3n) is 4.64. The van der Waals surface area contributed by atoms with E-state index in [9.17, 15) is 26.4 Å². The van der Waals surface area contributed by atoms with Crippen LogP contribution in [0.3, 0.4) is 0 Å². The molecule has 0 unspecified atom stereocenters. The van der Waals surface area contributed by atoms with Crippen LogP contribution in [0.4, 0.5) is 13.2 Å². The Balaban J connectivity index is 0.00000784. The van der Waals surface area contributed by atoms with Crippen LogP contribution < -0.4 is 16.0 Å². The van der Waals surface area contributed by atoms with E-state index >= 15 is 0 Å². The third kappa shape index (κ3) is 8.07. The van der Waals surface area contributed by atoms with Crippen LogP contribution in [0.5, 0.6) is 0 Å². The molecule has 0 aliphatic carbocycles. The molecule has 1 saturated heterocycles. The molecule has 1 aliphatic rings. The number of piperidine rings is 1. The number of hydrogen-bond donors (Lipinski definition) is 3. The Kier molecular flexibility index (Phi) is 11.2. The number of halogens is 4. The summed E-state index contributed by atoms with van der Waals surface area (Å²) >= 11 is 0. The Morgan fingerprint density at radius 1 is 1.14 bits per heavy atom. The van der Waals surface area contributed by atoms with Gasteiger partial charge in [0.1, 0.15) is 0 Å². The first-order chi connectivity index (χ1) is 12.8. The summed E-state index contributed by atoms with van der Waals surface area (Å²) in [5, 5.41) is 8.91. The van der Waals surface area contributed by atoms with Gasteiger partial charge in [-0.3, -0.25) is 9.79 Å². The van der Waals surface area contributed by atoms with E-state index < -0.39 is 20.9 Å². The Hall–Kier alpha value is -0.830. The average Bonchev–Trinajstić information content (AvgIpc) is 2.61. The highest BCUT2D eigenvalue weighted by Gasteiger charge is 2.50. The summed E-state index contributed by atoms with van der Waals surface area (Å²) in [6.07, 6.45) is 0.646. The predicted octanol–water partition coefficient (Wildman–Crippen LogP) is 1.49. The number of nitrogens with one attached hydrogen (secondary N) is 3. The maximum Gasteiger partial charge on any atom is 0.511 e. The van der Waals surface area contributed by atoms with Gasteiger partial charge in [-0.25, -0.2) is 8.42 Å². The van der Waals surface area contributed by atoms with Crippen LogP contribution in [0.2, 0.25) is 0 Å². The number of sulfonamides is 1. The fraction of sp³-hybridized carbons (Fsp3) is 0.875. The van der Waals surface area contributed by atoms with E-state index in [1.165, 1.54) is 0 Å². The van der Waals surface area contributed by atoms with E-state index in [-0.39, 0.29) is 48.9 Å². The number of carbonyl (C=O) groups excluding carboxylic acids is 1. The van der Waals surface area contributed by atoms with Crippen molar-refractivity contribution in [2.24, 2.45) is 16.3 Å². The topological polar surface area (TPSA) is 103 Å². The molecule has 1 heterocycles. The quantitative estimate of drug-likeness (QED) is 0.250. The van der Waals surface area contributed by atoms with Crippen molar-refractivity contribution in [1.29, 1.82) is 0 Å². The lowest BCUT2D eigenvalue weighted by atomic mass is 9.92. The Morgan fingerprint density at radius 2 is 1.69 bits per heavy atom. The molecule has 0 aromatic rings. The van der Waals surface area contributed by atoms with E-state index in [4.69, 9.17) is 0 Å². The molecule has 0 bridgehead atoms. The molecule has 0 aromatic carbocycles. The maximum absolute atomic E-state index is 12.6. The molecule has 0 spiro atoms. The second kappa shape index (κ2) is 11.5. The van der Waals surface area contributed by atoms with E-state index in [2.05, 4.69) is 20.9 Å². The van der Waals surface area contributed by atoms with Crippen molar-refractivity contribution in [3.63, 3.8) is 0 Å². The van der Waals surface area contributed by atoms with Crippen molar-refractivity contribution in [3.05, 3.63) is 0 Å². The molecule has 172 valence electrons. The van der Waals surface area contributed by atoms with Gasteiger partial charge in [0.25, 0.3) is 0 Å². The van der Waals surface area contributed by atoms with E-state index in [1.807, 2.05) is 6.92 Å². The molecule has 3 N–H and O–H groups in total. The first-order valence-corrected chi connectivity index (χ1v) is 10.6. The lowest BCUT2D eigenvalue weighted by Gasteiger charge is -2.32. The molecule has 1 amide bonds. The first-order valence-electron chi connectivity index (χ1n) is 9.14. The van der Waals surface area contributed by atoms with Crippen molar-refractivity contribution in [1.82, 2.24) is 20.3 Å².